The van der Waals surface area contributed by atoms with Crippen molar-refractivity contribution in [2.45, 2.75) is 13.1 Å². The number of ether oxygens (including phenoxy) is 3. The van der Waals surface area contributed by atoms with Gasteiger partial charge in [-0.2, -0.15) is 0 Å². The van der Waals surface area contributed by atoms with Gasteiger partial charge in [0.05, 0.1) is 19.8 Å². The second-order valence-electron chi connectivity index (χ2n) is 7.50. The fourth-order valence-corrected chi connectivity index (χ4v) is 7.60. The summed E-state index contributed by atoms with van der Waals surface area (Å²) in [5.41, 5.74) is 2.80. The predicted molar refractivity (Wildman–Crippen MR) is 114 cm³/mol. The Hall–Kier alpha value is -2.14. The first kappa shape index (κ1) is 18.2. The molecule has 0 spiro atoms. The molecule has 3 aromatic rings. The number of rotatable bonds is 7. The second-order valence-corrected chi connectivity index (χ2v) is 11.8. The lowest BCUT2D eigenvalue weighted by molar-refractivity contribution is 0.0544. The molecule has 3 aromatic carbocycles. The highest BCUT2D eigenvalue weighted by Crippen LogP contribution is 2.33. The number of hydrogen-bond acceptors (Lipinski definition) is 3. The van der Waals surface area contributed by atoms with Crippen molar-refractivity contribution in [3.8, 4) is 16.9 Å². The van der Waals surface area contributed by atoms with Crippen LogP contribution in [0.2, 0.25) is 13.1 Å². The van der Waals surface area contributed by atoms with Gasteiger partial charge in [0.15, 0.2) is 0 Å². The molecule has 27 heavy (non-hydrogen) atoms. The summed E-state index contributed by atoms with van der Waals surface area (Å²) in [4.78, 5) is 0. The molecule has 0 amide bonds. The van der Waals surface area contributed by atoms with E-state index in [0.29, 0.717) is 26.4 Å². The smallest absolute Gasteiger partial charge is 0.120 e. The molecular formula is C23H26O3Si. The van der Waals surface area contributed by atoms with Crippen molar-refractivity contribution in [2.75, 3.05) is 33.5 Å². The zero-order chi connectivity index (χ0) is 18.9. The number of fused-ring (bicyclic) bond motifs is 5. The minimum Gasteiger partial charge on any atom is -0.491 e. The zero-order valence-corrected chi connectivity index (χ0v) is 17.2. The van der Waals surface area contributed by atoms with Crippen molar-refractivity contribution in [1.29, 1.82) is 0 Å². The summed E-state index contributed by atoms with van der Waals surface area (Å²) in [6.07, 6.45) is 0. The van der Waals surface area contributed by atoms with Gasteiger partial charge >= 0.3 is 0 Å². The first-order chi connectivity index (χ1) is 13.1. The van der Waals surface area contributed by atoms with E-state index in [1.807, 2.05) is 0 Å². The minimum absolute atomic E-state index is 0.547. The Balaban J connectivity index is 1.64. The lowest BCUT2D eigenvalue weighted by atomic mass is 10.0. The van der Waals surface area contributed by atoms with E-state index in [1.165, 1.54) is 32.3 Å². The van der Waals surface area contributed by atoms with Gasteiger partial charge in [0.1, 0.15) is 20.4 Å². The van der Waals surface area contributed by atoms with E-state index in [1.54, 1.807) is 7.11 Å². The van der Waals surface area contributed by atoms with Crippen molar-refractivity contribution < 1.29 is 14.2 Å². The summed E-state index contributed by atoms with van der Waals surface area (Å²) in [6, 6.07) is 19.9. The molecule has 140 valence electrons. The van der Waals surface area contributed by atoms with Crippen LogP contribution < -0.4 is 15.1 Å². The van der Waals surface area contributed by atoms with Crippen molar-refractivity contribution in [1.82, 2.24) is 0 Å². The van der Waals surface area contributed by atoms with Crippen LogP contribution in [0.3, 0.4) is 0 Å². The van der Waals surface area contributed by atoms with Gasteiger partial charge in [0.25, 0.3) is 0 Å². The normalized spacial score (nSPS) is 14.2. The van der Waals surface area contributed by atoms with Crippen LogP contribution in [-0.4, -0.2) is 41.6 Å². The van der Waals surface area contributed by atoms with Gasteiger partial charge in [-0.25, -0.2) is 0 Å². The summed E-state index contributed by atoms with van der Waals surface area (Å²) in [7, 11) is -0.0390. The quantitative estimate of drug-likeness (QED) is 0.464. The van der Waals surface area contributed by atoms with Crippen molar-refractivity contribution in [3.05, 3.63) is 54.6 Å². The molecule has 0 N–H and O–H groups in total. The molecule has 0 atom stereocenters. The van der Waals surface area contributed by atoms with E-state index in [9.17, 15) is 0 Å². The first-order valence-electron chi connectivity index (χ1n) is 9.49. The maximum Gasteiger partial charge on any atom is 0.120 e. The van der Waals surface area contributed by atoms with Crippen molar-refractivity contribution in [3.63, 3.8) is 0 Å². The van der Waals surface area contributed by atoms with Crippen LogP contribution in [0.25, 0.3) is 21.9 Å². The van der Waals surface area contributed by atoms with Gasteiger partial charge in [-0.05, 0) is 44.4 Å². The van der Waals surface area contributed by atoms with Gasteiger partial charge in [0, 0.05) is 7.11 Å². The molecule has 0 saturated heterocycles. The third-order valence-electron chi connectivity index (χ3n) is 5.44. The van der Waals surface area contributed by atoms with Gasteiger partial charge in [0.2, 0.25) is 0 Å². The van der Waals surface area contributed by atoms with Crippen LogP contribution >= 0.6 is 0 Å². The predicted octanol–water partition coefficient (Wildman–Crippen LogP) is 3.68. The van der Waals surface area contributed by atoms with Crippen LogP contribution in [0.15, 0.2) is 54.6 Å². The fourth-order valence-electron chi connectivity index (χ4n) is 4.15. The molecule has 1 heterocycles. The number of methoxy groups -OCH3 is 1. The van der Waals surface area contributed by atoms with Gasteiger partial charge in [-0.3, -0.25) is 0 Å². The molecule has 0 unspecified atom stereocenters. The Kier molecular flexibility index (Phi) is 5.04. The van der Waals surface area contributed by atoms with E-state index in [2.05, 4.69) is 67.7 Å². The first-order valence-corrected chi connectivity index (χ1v) is 12.5. The summed E-state index contributed by atoms with van der Waals surface area (Å²) in [5.74, 6) is 0.909. The largest absolute Gasteiger partial charge is 0.491 e. The standard InChI is InChI=1S/C23H26O3Si/c1-24-12-13-25-14-15-26-18-10-8-17-9-11-20-19-6-4-5-7-22(19)27(2,3)23(20)21(17)16-18/h4-11,16H,12-15H2,1-3H3. The topological polar surface area (TPSA) is 27.7 Å². The Morgan fingerprint density at radius 3 is 2.44 bits per heavy atom. The molecule has 4 heteroatoms. The van der Waals surface area contributed by atoms with Gasteiger partial charge < -0.3 is 14.2 Å². The van der Waals surface area contributed by atoms with Crippen molar-refractivity contribution >= 4 is 29.2 Å². The van der Waals surface area contributed by atoms with E-state index in [0.717, 1.165) is 5.75 Å². The molecule has 4 rings (SSSR count). The Morgan fingerprint density at radius 2 is 1.59 bits per heavy atom. The molecule has 0 fully saturated rings. The molecule has 0 saturated carbocycles. The molecule has 0 aromatic heterocycles. The summed E-state index contributed by atoms with van der Waals surface area (Å²) in [6.45, 7) is 7.24. The lowest BCUT2D eigenvalue weighted by Crippen LogP contribution is -2.49. The molecule has 1 aliphatic rings. The van der Waals surface area contributed by atoms with E-state index >= 15 is 0 Å². The van der Waals surface area contributed by atoms with Crippen LogP contribution in [0.1, 0.15) is 0 Å². The number of hydrogen-bond donors (Lipinski definition) is 0. The maximum atomic E-state index is 5.95. The molecule has 3 nitrogen and oxygen atoms in total. The highest BCUT2D eigenvalue weighted by molar-refractivity contribution is 7.05. The van der Waals surface area contributed by atoms with Gasteiger partial charge in [-0.1, -0.05) is 55.6 Å². The van der Waals surface area contributed by atoms with Crippen LogP contribution in [0, 0.1) is 0 Å². The third-order valence-corrected chi connectivity index (χ3v) is 9.01. The zero-order valence-electron chi connectivity index (χ0n) is 16.2. The SMILES string of the molecule is COCCOCCOc1ccc2ccc3c(c2c1)[Si](C)(C)c1ccccc1-3. The molecule has 0 bridgehead atoms. The maximum absolute atomic E-state index is 5.95. The van der Waals surface area contributed by atoms with Crippen LogP contribution in [0.4, 0.5) is 0 Å². The van der Waals surface area contributed by atoms with E-state index in [4.69, 9.17) is 14.2 Å². The summed E-state index contributed by atoms with van der Waals surface area (Å²) >= 11 is 0. The van der Waals surface area contributed by atoms with Crippen molar-refractivity contribution in [2.24, 2.45) is 0 Å². The van der Waals surface area contributed by atoms with E-state index < -0.39 is 8.07 Å². The fraction of sp³-hybridized carbons (Fsp3) is 0.304. The highest BCUT2D eigenvalue weighted by Gasteiger charge is 2.38. The molecule has 0 radical (unpaired) electrons. The van der Waals surface area contributed by atoms with Crippen LogP contribution in [0.5, 0.6) is 5.75 Å². The average Bonchev–Trinajstić information content (AvgIpc) is 2.92. The Labute approximate surface area is 161 Å². The summed E-state index contributed by atoms with van der Waals surface area (Å²) < 4.78 is 16.4. The molecule has 1 aliphatic heterocycles. The number of benzene rings is 3. The molecule has 0 aliphatic carbocycles. The Bertz CT molecular complexity index is 965. The Morgan fingerprint density at radius 1 is 0.815 bits per heavy atom. The second kappa shape index (κ2) is 7.47. The monoisotopic (exact) mass is 378 g/mol. The average molecular weight is 379 g/mol. The lowest BCUT2D eigenvalue weighted by Gasteiger charge is -2.21. The molecular weight excluding hydrogens is 352 g/mol. The van der Waals surface area contributed by atoms with E-state index in [-0.39, 0.29) is 0 Å². The minimum atomic E-state index is -1.72. The van der Waals surface area contributed by atoms with Gasteiger partial charge in [-0.15, -0.1) is 0 Å². The highest BCUT2D eigenvalue weighted by atomic mass is 28.3. The summed E-state index contributed by atoms with van der Waals surface area (Å²) in [5, 5.41) is 5.68. The van der Waals surface area contributed by atoms with Crippen LogP contribution in [-0.2, 0) is 9.47 Å². The third kappa shape index (κ3) is 3.29.